The monoisotopic (exact) mass is 409 g/mol. The molecule has 0 saturated heterocycles. The van der Waals surface area contributed by atoms with Gasteiger partial charge in [0.25, 0.3) is 5.91 Å². The SMILES string of the molecule is C[C@@H]1CCCC[C@H]1NC(=O)[C@@H](C)OC(=O)C[C@H](NC(N)=O)c1ccc(Cl)cc1. The van der Waals surface area contributed by atoms with Crippen LogP contribution in [0.4, 0.5) is 4.79 Å². The molecule has 4 N–H and O–H groups in total. The van der Waals surface area contributed by atoms with Crippen LogP contribution in [-0.2, 0) is 14.3 Å². The maximum absolute atomic E-state index is 12.4. The number of hydrogen-bond acceptors (Lipinski definition) is 4. The van der Waals surface area contributed by atoms with Crippen LogP contribution >= 0.6 is 11.6 Å². The van der Waals surface area contributed by atoms with Crippen LogP contribution in [0.2, 0.25) is 5.02 Å². The summed E-state index contributed by atoms with van der Waals surface area (Å²) in [6.07, 6.45) is 3.22. The van der Waals surface area contributed by atoms with Crippen LogP contribution in [-0.4, -0.2) is 30.1 Å². The van der Waals surface area contributed by atoms with Gasteiger partial charge in [-0.15, -0.1) is 0 Å². The zero-order valence-corrected chi connectivity index (χ0v) is 17.0. The fraction of sp³-hybridized carbons (Fsp3) is 0.550. The number of benzene rings is 1. The van der Waals surface area contributed by atoms with Gasteiger partial charge in [-0.25, -0.2) is 4.79 Å². The second-order valence-corrected chi connectivity index (χ2v) is 7.76. The number of urea groups is 1. The van der Waals surface area contributed by atoms with Gasteiger partial charge in [0.05, 0.1) is 12.5 Å². The number of amides is 3. The third kappa shape index (κ3) is 6.71. The Kier molecular flexibility index (Phi) is 8.11. The minimum atomic E-state index is -0.916. The van der Waals surface area contributed by atoms with Crippen LogP contribution < -0.4 is 16.4 Å². The van der Waals surface area contributed by atoms with Crippen molar-refractivity contribution >= 4 is 29.5 Å². The summed E-state index contributed by atoms with van der Waals surface area (Å²) in [5.74, 6) is -0.499. The lowest BCUT2D eigenvalue weighted by atomic mass is 9.86. The maximum Gasteiger partial charge on any atom is 0.312 e. The lowest BCUT2D eigenvalue weighted by molar-refractivity contribution is -0.155. The summed E-state index contributed by atoms with van der Waals surface area (Å²) in [5, 5.41) is 6.03. The number of nitrogens with two attached hydrogens (primary N) is 1. The van der Waals surface area contributed by atoms with E-state index in [1.54, 1.807) is 31.2 Å². The van der Waals surface area contributed by atoms with Gasteiger partial charge in [-0.1, -0.05) is 43.5 Å². The van der Waals surface area contributed by atoms with Crippen molar-refractivity contribution in [2.45, 2.75) is 64.1 Å². The van der Waals surface area contributed by atoms with Gasteiger partial charge in [0.1, 0.15) is 0 Å². The van der Waals surface area contributed by atoms with E-state index in [1.807, 2.05) is 0 Å². The molecule has 2 rings (SSSR count). The third-order valence-corrected chi connectivity index (χ3v) is 5.33. The Balaban J connectivity index is 1.92. The molecule has 7 nitrogen and oxygen atoms in total. The fourth-order valence-electron chi connectivity index (χ4n) is 3.42. The number of rotatable bonds is 7. The molecule has 28 heavy (non-hydrogen) atoms. The molecular weight excluding hydrogens is 382 g/mol. The van der Waals surface area contributed by atoms with Crippen molar-refractivity contribution in [1.29, 1.82) is 0 Å². The second kappa shape index (κ2) is 10.3. The summed E-state index contributed by atoms with van der Waals surface area (Å²) in [6, 6.07) is 5.37. The molecule has 8 heteroatoms. The average Bonchev–Trinajstić information content (AvgIpc) is 2.63. The second-order valence-electron chi connectivity index (χ2n) is 7.33. The summed E-state index contributed by atoms with van der Waals surface area (Å²) in [7, 11) is 0. The van der Waals surface area contributed by atoms with Gasteiger partial charge in [0, 0.05) is 11.1 Å². The Hall–Kier alpha value is -2.28. The lowest BCUT2D eigenvalue weighted by Gasteiger charge is -2.30. The van der Waals surface area contributed by atoms with E-state index in [9.17, 15) is 14.4 Å². The summed E-state index contributed by atoms with van der Waals surface area (Å²) in [6.45, 7) is 3.66. The Labute approximate surface area is 170 Å². The van der Waals surface area contributed by atoms with Crippen LogP contribution in [0.3, 0.4) is 0 Å². The van der Waals surface area contributed by atoms with Gasteiger partial charge in [0.15, 0.2) is 6.10 Å². The quantitative estimate of drug-likeness (QED) is 0.601. The molecule has 0 spiro atoms. The van der Waals surface area contributed by atoms with Gasteiger partial charge in [-0.05, 0) is 43.4 Å². The molecule has 154 valence electrons. The summed E-state index contributed by atoms with van der Waals surface area (Å²) < 4.78 is 5.28. The van der Waals surface area contributed by atoms with E-state index in [1.165, 1.54) is 6.42 Å². The molecule has 1 aromatic carbocycles. The molecule has 0 bridgehead atoms. The molecule has 1 aliphatic carbocycles. The smallest absolute Gasteiger partial charge is 0.312 e. The Morgan fingerprint density at radius 3 is 2.46 bits per heavy atom. The first kappa shape index (κ1) is 22.0. The number of primary amides is 1. The predicted molar refractivity (Wildman–Crippen MR) is 107 cm³/mol. The van der Waals surface area contributed by atoms with E-state index in [0.717, 1.165) is 19.3 Å². The van der Waals surface area contributed by atoms with Crippen molar-refractivity contribution in [3.05, 3.63) is 34.9 Å². The first-order chi connectivity index (χ1) is 13.3. The van der Waals surface area contributed by atoms with Crippen molar-refractivity contribution in [1.82, 2.24) is 10.6 Å². The van der Waals surface area contributed by atoms with Gasteiger partial charge < -0.3 is 21.1 Å². The Morgan fingerprint density at radius 2 is 1.86 bits per heavy atom. The Morgan fingerprint density at radius 1 is 1.21 bits per heavy atom. The van der Waals surface area contributed by atoms with Crippen molar-refractivity contribution in [3.63, 3.8) is 0 Å². The summed E-state index contributed by atoms with van der Waals surface area (Å²) >= 11 is 5.87. The molecule has 0 radical (unpaired) electrons. The van der Waals surface area contributed by atoms with E-state index in [-0.39, 0.29) is 18.4 Å². The van der Waals surface area contributed by atoms with E-state index in [4.69, 9.17) is 22.1 Å². The van der Waals surface area contributed by atoms with Gasteiger partial charge in [0.2, 0.25) is 0 Å². The molecule has 0 heterocycles. The van der Waals surface area contributed by atoms with Crippen molar-refractivity contribution in [3.8, 4) is 0 Å². The molecule has 3 amide bonds. The third-order valence-electron chi connectivity index (χ3n) is 5.08. The highest BCUT2D eigenvalue weighted by atomic mass is 35.5. The maximum atomic E-state index is 12.4. The highest BCUT2D eigenvalue weighted by molar-refractivity contribution is 6.30. The number of carbonyl (C=O) groups is 3. The number of esters is 1. The zero-order valence-electron chi connectivity index (χ0n) is 16.2. The molecular formula is C20H28ClN3O4. The van der Waals surface area contributed by atoms with Crippen LogP contribution in [0.5, 0.6) is 0 Å². The van der Waals surface area contributed by atoms with Gasteiger partial charge in [-0.2, -0.15) is 0 Å². The standard InChI is InChI=1S/C20H28ClN3O4/c1-12-5-3-4-6-16(12)23-19(26)13(2)28-18(25)11-17(24-20(22)27)14-7-9-15(21)10-8-14/h7-10,12-13,16-17H,3-6,11H2,1-2H3,(H,23,26)(H3,22,24,27)/t12-,13-,16-,17+/m1/s1. The molecule has 0 unspecified atom stereocenters. The molecule has 1 fully saturated rings. The van der Waals surface area contributed by atoms with E-state index in [2.05, 4.69) is 17.6 Å². The average molecular weight is 410 g/mol. The number of ether oxygens (including phenoxy) is 1. The van der Waals surface area contributed by atoms with Crippen molar-refractivity contribution < 1.29 is 19.1 Å². The minimum absolute atomic E-state index is 0.112. The van der Waals surface area contributed by atoms with Crippen LogP contribution in [0.1, 0.15) is 57.6 Å². The number of carbonyl (C=O) groups excluding carboxylic acids is 3. The first-order valence-electron chi connectivity index (χ1n) is 9.57. The van der Waals surface area contributed by atoms with E-state index < -0.39 is 24.1 Å². The van der Waals surface area contributed by atoms with Gasteiger partial charge in [-0.3, -0.25) is 9.59 Å². The van der Waals surface area contributed by atoms with E-state index >= 15 is 0 Å². The van der Waals surface area contributed by atoms with Crippen LogP contribution in [0.25, 0.3) is 0 Å². The summed E-state index contributed by atoms with van der Waals surface area (Å²) in [5.41, 5.74) is 5.87. The van der Waals surface area contributed by atoms with Gasteiger partial charge >= 0.3 is 12.0 Å². The fourth-order valence-corrected chi connectivity index (χ4v) is 3.54. The number of hydrogen-bond donors (Lipinski definition) is 3. The minimum Gasteiger partial charge on any atom is -0.452 e. The zero-order chi connectivity index (χ0) is 20.7. The molecule has 4 atom stereocenters. The molecule has 1 saturated carbocycles. The van der Waals surface area contributed by atoms with E-state index in [0.29, 0.717) is 16.5 Å². The normalized spacial score (nSPS) is 21.2. The molecule has 1 aliphatic rings. The number of halogens is 1. The topological polar surface area (TPSA) is 111 Å². The summed E-state index contributed by atoms with van der Waals surface area (Å²) in [4.78, 5) is 36.0. The number of nitrogens with one attached hydrogen (secondary N) is 2. The molecule has 0 aliphatic heterocycles. The van der Waals surface area contributed by atoms with Crippen molar-refractivity contribution in [2.24, 2.45) is 11.7 Å². The van der Waals surface area contributed by atoms with Crippen LogP contribution in [0, 0.1) is 5.92 Å². The molecule has 1 aromatic rings. The van der Waals surface area contributed by atoms with Crippen molar-refractivity contribution in [2.75, 3.05) is 0 Å². The lowest BCUT2D eigenvalue weighted by Crippen LogP contribution is -2.46. The molecule has 0 aromatic heterocycles. The largest absolute Gasteiger partial charge is 0.452 e. The van der Waals surface area contributed by atoms with Crippen LogP contribution in [0.15, 0.2) is 24.3 Å². The first-order valence-corrected chi connectivity index (χ1v) is 9.95. The highest BCUT2D eigenvalue weighted by Gasteiger charge is 2.27. The predicted octanol–water partition coefficient (Wildman–Crippen LogP) is 3.07. The highest BCUT2D eigenvalue weighted by Crippen LogP contribution is 2.24. The Bertz CT molecular complexity index is 695.